The number of halogens is 1. The minimum atomic E-state index is -1.14. The number of nitriles is 4. The molecule has 0 heterocycles. The lowest BCUT2D eigenvalue weighted by atomic mass is 9.79. The van der Waals surface area contributed by atoms with E-state index in [-0.39, 0.29) is 0 Å². The molecule has 0 spiro atoms. The normalized spacial score (nSPS) is 10.4. The predicted octanol–water partition coefficient (Wildman–Crippen LogP) is 4.61. The van der Waals surface area contributed by atoms with Crippen molar-refractivity contribution < 1.29 is 0 Å². The SMILES string of the molecule is N#CC(C#N)Cc1ccc(CC(C#N)(C#N)Cc2ccc(CBr)cc2)cc1. The Balaban J connectivity index is 2.15. The van der Waals surface area contributed by atoms with E-state index in [1.54, 1.807) is 0 Å². The summed E-state index contributed by atoms with van der Waals surface area (Å²) >= 11 is 3.40. The van der Waals surface area contributed by atoms with Gasteiger partial charge in [0.15, 0.2) is 5.41 Å². The Labute approximate surface area is 168 Å². The molecule has 2 rings (SSSR count). The molecular weight excluding hydrogens is 400 g/mol. The molecule has 0 amide bonds. The van der Waals surface area contributed by atoms with Gasteiger partial charge >= 0.3 is 0 Å². The summed E-state index contributed by atoms with van der Waals surface area (Å²) in [5.41, 5.74) is 2.72. The van der Waals surface area contributed by atoms with E-state index in [1.807, 2.05) is 60.7 Å². The largest absolute Gasteiger partial charge is 0.197 e. The Kier molecular flexibility index (Phi) is 7.14. The molecule has 0 saturated carbocycles. The van der Waals surface area contributed by atoms with Gasteiger partial charge in [-0.3, -0.25) is 0 Å². The lowest BCUT2D eigenvalue weighted by molar-refractivity contribution is 0.515. The van der Waals surface area contributed by atoms with E-state index < -0.39 is 11.3 Å². The molecule has 132 valence electrons. The first kappa shape index (κ1) is 20.2. The van der Waals surface area contributed by atoms with Crippen LogP contribution in [0.5, 0.6) is 0 Å². The molecule has 0 aliphatic carbocycles. The van der Waals surface area contributed by atoms with Gasteiger partial charge < -0.3 is 0 Å². The monoisotopic (exact) mass is 416 g/mol. The van der Waals surface area contributed by atoms with Gasteiger partial charge in [-0.2, -0.15) is 21.0 Å². The first-order valence-electron chi connectivity index (χ1n) is 8.41. The van der Waals surface area contributed by atoms with Crippen LogP contribution in [0.25, 0.3) is 0 Å². The van der Waals surface area contributed by atoms with Crippen LogP contribution in [0.4, 0.5) is 0 Å². The fourth-order valence-electron chi connectivity index (χ4n) is 2.84. The molecule has 0 aliphatic heterocycles. The molecule has 0 saturated heterocycles. The van der Waals surface area contributed by atoms with Crippen molar-refractivity contribution in [2.45, 2.75) is 24.6 Å². The molecule has 4 nitrogen and oxygen atoms in total. The third-order valence-electron chi connectivity index (χ3n) is 4.39. The Hall–Kier alpha value is -3.12. The summed E-state index contributed by atoms with van der Waals surface area (Å²) in [5.74, 6) is -0.671. The zero-order valence-corrected chi connectivity index (χ0v) is 16.3. The average Bonchev–Trinajstić information content (AvgIpc) is 2.73. The van der Waals surface area contributed by atoms with Gasteiger partial charge in [0.1, 0.15) is 5.92 Å². The van der Waals surface area contributed by atoms with Gasteiger partial charge in [-0.15, -0.1) is 0 Å². The zero-order valence-electron chi connectivity index (χ0n) is 14.7. The van der Waals surface area contributed by atoms with Gasteiger partial charge in [-0.1, -0.05) is 64.5 Å². The van der Waals surface area contributed by atoms with Crippen LogP contribution in [-0.4, -0.2) is 0 Å². The van der Waals surface area contributed by atoms with Crippen molar-refractivity contribution in [2.75, 3.05) is 0 Å². The van der Waals surface area contributed by atoms with Crippen LogP contribution < -0.4 is 0 Å². The lowest BCUT2D eigenvalue weighted by Gasteiger charge is -2.19. The smallest absolute Gasteiger partial charge is 0.151 e. The highest BCUT2D eigenvalue weighted by atomic mass is 79.9. The first-order chi connectivity index (χ1) is 13.1. The second kappa shape index (κ2) is 9.54. The molecule has 0 aliphatic rings. The van der Waals surface area contributed by atoms with Crippen molar-refractivity contribution in [1.29, 1.82) is 21.0 Å². The molecular formula is C22H17BrN4. The number of hydrogen-bond acceptors (Lipinski definition) is 4. The topological polar surface area (TPSA) is 95.2 Å². The quantitative estimate of drug-likeness (QED) is 0.615. The minimum absolute atomic E-state index is 0.320. The van der Waals surface area contributed by atoms with Gasteiger partial charge in [0.25, 0.3) is 0 Å². The summed E-state index contributed by atoms with van der Waals surface area (Å²) in [5, 5.41) is 37.9. The number of rotatable bonds is 7. The molecule has 5 heteroatoms. The summed E-state index contributed by atoms with van der Waals surface area (Å²) in [6.45, 7) is 0. The summed E-state index contributed by atoms with van der Waals surface area (Å²) < 4.78 is 0. The number of benzene rings is 2. The number of hydrogen-bond donors (Lipinski definition) is 0. The molecule has 2 aromatic carbocycles. The predicted molar refractivity (Wildman–Crippen MR) is 105 cm³/mol. The highest BCUT2D eigenvalue weighted by Crippen LogP contribution is 2.27. The van der Waals surface area contributed by atoms with Crippen molar-refractivity contribution in [1.82, 2.24) is 0 Å². The fraction of sp³-hybridized carbons (Fsp3) is 0.273. The number of alkyl halides is 1. The van der Waals surface area contributed by atoms with E-state index in [4.69, 9.17) is 10.5 Å². The van der Waals surface area contributed by atoms with Gasteiger partial charge in [0.05, 0.1) is 24.3 Å². The second-order valence-electron chi connectivity index (χ2n) is 6.44. The second-order valence-corrected chi connectivity index (χ2v) is 7.00. The minimum Gasteiger partial charge on any atom is -0.197 e. The first-order valence-corrected chi connectivity index (χ1v) is 9.53. The standard InChI is InChI=1S/C22H17BrN4/c23-12-20-7-5-19(6-8-20)11-22(15-26,16-27)10-18-3-1-17(2-4-18)9-21(13-24)14-25/h1-8,21H,9-12H2. The van der Waals surface area contributed by atoms with Crippen LogP contribution >= 0.6 is 15.9 Å². The van der Waals surface area contributed by atoms with Crippen molar-refractivity contribution >= 4 is 15.9 Å². The molecule has 0 N–H and O–H groups in total. The molecule has 0 aromatic heterocycles. The van der Waals surface area contributed by atoms with Crippen LogP contribution in [-0.2, 0) is 24.6 Å². The van der Waals surface area contributed by atoms with Crippen molar-refractivity contribution in [3.8, 4) is 24.3 Å². The maximum absolute atomic E-state index is 9.69. The Morgan fingerprint density at radius 3 is 1.48 bits per heavy atom. The summed E-state index contributed by atoms with van der Waals surface area (Å²) in [6.07, 6.45) is 1.05. The van der Waals surface area contributed by atoms with E-state index in [0.717, 1.165) is 27.6 Å². The van der Waals surface area contributed by atoms with Crippen LogP contribution in [0.2, 0.25) is 0 Å². The van der Waals surface area contributed by atoms with E-state index in [2.05, 4.69) is 28.1 Å². The summed E-state index contributed by atoms with van der Waals surface area (Å²) in [7, 11) is 0. The van der Waals surface area contributed by atoms with Crippen molar-refractivity contribution in [3.63, 3.8) is 0 Å². The third kappa shape index (κ3) is 5.43. The van der Waals surface area contributed by atoms with Gasteiger partial charge in [-0.25, -0.2) is 0 Å². The van der Waals surface area contributed by atoms with Crippen LogP contribution in [0.15, 0.2) is 48.5 Å². The van der Waals surface area contributed by atoms with Crippen molar-refractivity contribution in [3.05, 3.63) is 70.8 Å². The fourth-order valence-corrected chi connectivity index (χ4v) is 3.21. The van der Waals surface area contributed by atoms with Crippen LogP contribution in [0.3, 0.4) is 0 Å². The molecule has 2 aromatic rings. The molecule has 0 atom stereocenters. The Morgan fingerprint density at radius 2 is 1.11 bits per heavy atom. The highest BCUT2D eigenvalue weighted by molar-refractivity contribution is 9.08. The highest BCUT2D eigenvalue weighted by Gasteiger charge is 2.31. The van der Waals surface area contributed by atoms with E-state index >= 15 is 0 Å². The molecule has 0 radical (unpaired) electrons. The van der Waals surface area contributed by atoms with Crippen molar-refractivity contribution in [2.24, 2.45) is 11.3 Å². The van der Waals surface area contributed by atoms with Gasteiger partial charge in [-0.05, 0) is 22.3 Å². The molecule has 27 heavy (non-hydrogen) atoms. The van der Waals surface area contributed by atoms with Gasteiger partial charge in [0.2, 0.25) is 0 Å². The maximum Gasteiger partial charge on any atom is 0.151 e. The van der Waals surface area contributed by atoms with E-state index in [1.165, 1.54) is 0 Å². The summed E-state index contributed by atoms with van der Waals surface area (Å²) in [4.78, 5) is 0. The number of nitrogens with zero attached hydrogens (tertiary/aromatic N) is 4. The Morgan fingerprint density at radius 1 is 0.704 bits per heavy atom. The Bertz CT molecular complexity index is 907. The molecule has 0 unspecified atom stereocenters. The maximum atomic E-state index is 9.69. The molecule has 0 bridgehead atoms. The summed E-state index contributed by atoms with van der Waals surface area (Å²) in [6, 6.07) is 23.6. The van der Waals surface area contributed by atoms with Crippen LogP contribution in [0.1, 0.15) is 22.3 Å². The zero-order chi connectivity index (χ0) is 19.7. The average molecular weight is 417 g/mol. The van der Waals surface area contributed by atoms with Crippen LogP contribution in [0, 0.1) is 56.7 Å². The van der Waals surface area contributed by atoms with E-state index in [0.29, 0.717) is 19.3 Å². The third-order valence-corrected chi connectivity index (χ3v) is 5.04. The lowest BCUT2D eigenvalue weighted by Crippen LogP contribution is -2.22. The molecule has 0 fully saturated rings. The van der Waals surface area contributed by atoms with E-state index in [9.17, 15) is 10.5 Å². The van der Waals surface area contributed by atoms with Gasteiger partial charge in [0, 0.05) is 24.6 Å².